The SMILES string of the molecule is CCOC(=O)c1sc2ncn(Cc3coc(-c4cccs4)n3)c(=O)c2c1C. The topological polar surface area (TPSA) is 87.2 Å². The second kappa shape index (κ2) is 7.09. The number of nitrogens with zero attached hydrogens (tertiary/aromatic N) is 3. The first kappa shape index (κ1) is 17.6. The third kappa shape index (κ3) is 3.19. The van der Waals surface area contributed by atoms with Crippen LogP contribution in [0.15, 0.2) is 39.3 Å². The number of aryl methyl sites for hydroxylation is 1. The Bertz CT molecular complexity index is 1170. The van der Waals surface area contributed by atoms with Gasteiger partial charge in [-0.25, -0.2) is 14.8 Å². The number of hydrogen-bond donors (Lipinski definition) is 0. The maximum Gasteiger partial charge on any atom is 0.348 e. The molecule has 138 valence electrons. The van der Waals surface area contributed by atoms with Crippen LogP contribution in [0.3, 0.4) is 0 Å². The van der Waals surface area contributed by atoms with Gasteiger partial charge in [-0.2, -0.15) is 0 Å². The Morgan fingerprint density at radius 3 is 3.00 bits per heavy atom. The zero-order valence-electron chi connectivity index (χ0n) is 14.6. The molecule has 0 spiro atoms. The highest BCUT2D eigenvalue weighted by molar-refractivity contribution is 7.20. The first-order chi connectivity index (χ1) is 13.1. The van der Waals surface area contributed by atoms with Crippen molar-refractivity contribution in [3.63, 3.8) is 0 Å². The van der Waals surface area contributed by atoms with Crippen LogP contribution in [0.2, 0.25) is 0 Å². The number of carbonyl (C=O) groups excluding carboxylic acids is 1. The number of oxazole rings is 1. The van der Waals surface area contributed by atoms with Gasteiger partial charge in [0.05, 0.1) is 35.4 Å². The summed E-state index contributed by atoms with van der Waals surface area (Å²) >= 11 is 2.70. The Morgan fingerprint density at radius 2 is 2.26 bits per heavy atom. The lowest BCUT2D eigenvalue weighted by atomic mass is 10.2. The first-order valence-corrected chi connectivity index (χ1v) is 9.92. The summed E-state index contributed by atoms with van der Waals surface area (Å²) in [4.78, 5) is 35.6. The van der Waals surface area contributed by atoms with Crippen LogP contribution < -0.4 is 5.56 Å². The van der Waals surface area contributed by atoms with Crippen LogP contribution in [0.1, 0.15) is 27.9 Å². The molecule has 0 radical (unpaired) electrons. The highest BCUT2D eigenvalue weighted by atomic mass is 32.1. The van der Waals surface area contributed by atoms with E-state index in [1.165, 1.54) is 39.8 Å². The van der Waals surface area contributed by atoms with Crippen LogP contribution in [0.4, 0.5) is 0 Å². The largest absolute Gasteiger partial charge is 0.462 e. The molecule has 0 bridgehead atoms. The third-order valence-corrected chi connectivity index (χ3v) is 6.03. The molecule has 0 aromatic carbocycles. The van der Waals surface area contributed by atoms with Crippen LogP contribution in [0, 0.1) is 6.92 Å². The monoisotopic (exact) mass is 401 g/mol. The summed E-state index contributed by atoms with van der Waals surface area (Å²) < 4.78 is 12.0. The predicted octanol–water partition coefficient (Wildman–Crippen LogP) is 3.71. The molecule has 9 heteroatoms. The van der Waals surface area contributed by atoms with Gasteiger partial charge in [0.25, 0.3) is 5.56 Å². The quantitative estimate of drug-likeness (QED) is 0.474. The Morgan fingerprint density at radius 1 is 1.41 bits per heavy atom. The fourth-order valence-electron chi connectivity index (χ4n) is 2.73. The van der Waals surface area contributed by atoms with E-state index in [-0.39, 0.29) is 18.7 Å². The number of hydrogen-bond acceptors (Lipinski definition) is 8. The number of ether oxygens (including phenoxy) is 1. The van der Waals surface area contributed by atoms with Crippen LogP contribution in [0.5, 0.6) is 0 Å². The lowest BCUT2D eigenvalue weighted by Crippen LogP contribution is -2.21. The van der Waals surface area contributed by atoms with Gasteiger partial charge in [-0.3, -0.25) is 9.36 Å². The summed E-state index contributed by atoms with van der Waals surface area (Å²) in [5.41, 5.74) is 1.00. The second-order valence-electron chi connectivity index (χ2n) is 5.76. The van der Waals surface area contributed by atoms with Gasteiger partial charge in [-0.05, 0) is 30.9 Å². The Labute approximate surface area is 161 Å². The van der Waals surface area contributed by atoms with Crippen LogP contribution in [-0.2, 0) is 11.3 Å². The molecule has 4 aromatic rings. The predicted molar refractivity (Wildman–Crippen MR) is 103 cm³/mol. The van der Waals surface area contributed by atoms with Gasteiger partial charge in [-0.15, -0.1) is 22.7 Å². The molecule has 4 rings (SSSR count). The Hall–Kier alpha value is -2.78. The fraction of sp³-hybridized carbons (Fsp3) is 0.222. The van der Waals surface area contributed by atoms with Gasteiger partial charge in [-0.1, -0.05) is 6.07 Å². The van der Waals surface area contributed by atoms with Crippen molar-refractivity contribution in [3.8, 4) is 10.8 Å². The van der Waals surface area contributed by atoms with Crippen molar-refractivity contribution in [2.75, 3.05) is 6.61 Å². The van der Waals surface area contributed by atoms with E-state index < -0.39 is 5.97 Å². The number of thiophene rings is 2. The summed E-state index contributed by atoms with van der Waals surface area (Å²) in [6, 6.07) is 3.85. The van der Waals surface area contributed by atoms with Crippen molar-refractivity contribution in [1.29, 1.82) is 0 Å². The molecule has 0 saturated heterocycles. The van der Waals surface area contributed by atoms with Gasteiger partial charge in [0.2, 0.25) is 5.89 Å². The van der Waals surface area contributed by atoms with Crippen molar-refractivity contribution in [2.45, 2.75) is 20.4 Å². The average molecular weight is 401 g/mol. The summed E-state index contributed by atoms with van der Waals surface area (Å²) in [6.45, 7) is 4.00. The minimum Gasteiger partial charge on any atom is -0.462 e. The Balaban J connectivity index is 1.69. The minimum absolute atomic E-state index is 0.218. The number of fused-ring (bicyclic) bond motifs is 1. The van der Waals surface area contributed by atoms with Crippen molar-refractivity contribution < 1.29 is 13.9 Å². The van der Waals surface area contributed by atoms with Gasteiger partial charge >= 0.3 is 5.97 Å². The van der Waals surface area contributed by atoms with E-state index in [1.54, 1.807) is 13.8 Å². The molecular weight excluding hydrogens is 386 g/mol. The number of aromatic nitrogens is 3. The summed E-state index contributed by atoms with van der Waals surface area (Å²) in [6.07, 6.45) is 3.01. The molecule has 0 saturated carbocycles. The van der Waals surface area contributed by atoms with E-state index in [4.69, 9.17) is 9.15 Å². The van der Waals surface area contributed by atoms with Crippen molar-refractivity contribution >= 4 is 38.9 Å². The number of rotatable bonds is 5. The Kier molecular flexibility index (Phi) is 4.63. The van der Waals surface area contributed by atoms with Crippen LogP contribution in [-0.4, -0.2) is 27.1 Å². The average Bonchev–Trinajstić information content (AvgIpc) is 3.38. The number of esters is 1. The van der Waals surface area contributed by atoms with Crippen molar-refractivity contribution in [1.82, 2.24) is 14.5 Å². The lowest BCUT2D eigenvalue weighted by molar-refractivity contribution is 0.0531. The maximum atomic E-state index is 12.9. The summed E-state index contributed by atoms with van der Waals surface area (Å²) in [5.74, 6) is 0.0967. The van der Waals surface area contributed by atoms with Gasteiger partial charge in [0.1, 0.15) is 16.0 Å². The molecule has 4 heterocycles. The molecule has 0 unspecified atom stereocenters. The fourth-order valence-corrected chi connectivity index (χ4v) is 4.42. The summed E-state index contributed by atoms with van der Waals surface area (Å²) in [7, 11) is 0. The first-order valence-electron chi connectivity index (χ1n) is 8.22. The molecule has 0 aliphatic carbocycles. The minimum atomic E-state index is -0.430. The van der Waals surface area contributed by atoms with Gasteiger partial charge in [0, 0.05) is 0 Å². The lowest BCUT2D eigenvalue weighted by Gasteiger charge is -2.02. The zero-order chi connectivity index (χ0) is 19.0. The third-order valence-electron chi connectivity index (χ3n) is 3.99. The van der Waals surface area contributed by atoms with Crippen molar-refractivity contribution in [2.24, 2.45) is 0 Å². The van der Waals surface area contributed by atoms with Gasteiger partial charge in [0.15, 0.2) is 0 Å². The van der Waals surface area contributed by atoms with Crippen LogP contribution in [0.25, 0.3) is 21.0 Å². The zero-order valence-corrected chi connectivity index (χ0v) is 16.2. The van der Waals surface area contributed by atoms with E-state index in [1.807, 2.05) is 17.5 Å². The van der Waals surface area contributed by atoms with E-state index in [9.17, 15) is 9.59 Å². The molecular formula is C18H15N3O4S2. The van der Waals surface area contributed by atoms with Crippen molar-refractivity contribution in [3.05, 3.63) is 56.6 Å². The number of carbonyl (C=O) groups is 1. The van der Waals surface area contributed by atoms with E-state index in [2.05, 4.69) is 9.97 Å². The second-order valence-corrected chi connectivity index (χ2v) is 7.70. The van der Waals surface area contributed by atoms with Crippen LogP contribution >= 0.6 is 22.7 Å². The maximum absolute atomic E-state index is 12.9. The molecule has 0 amide bonds. The molecule has 0 N–H and O–H groups in total. The molecule has 0 atom stereocenters. The normalized spacial score (nSPS) is 11.2. The highest BCUT2D eigenvalue weighted by Crippen LogP contribution is 2.28. The molecule has 27 heavy (non-hydrogen) atoms. The highest BCUT2D eigenvalue weighted by Gasteiger charge is 2.20. The molecule has 0 fully saturated rings. The molecule has 7 nitrogen and oxygen atoms in total. The summed E-state index contributed by atoms with van der Waals surface area (Å²) in [5, 5.41) is 2.38. The molecule has 0 aliphatic rings. The van der Waals surface area contributed by atoms with E-state index in [0.717, 1.165) is 4.88 Å². The smallest absolute Gasteiger partial charge is 0.348 e. The molecule has 0 aliphatic heterocycles. The molecule has 4 aromatic heterocycles. The standard InChI is InChI=1S/C18H15N3O4S2/c1-3-24-18(23)14-10(2)13-16(27-14)19-9-21(17(13)22)7-11-8-25-15(20-11)12-5-4-6-26-12/h4-6,8-9H,3,7H2,1-2H3. The van der Waals surface area contributed by atoms with Gasteiger partial charge < -0.3 is 9.15 Å². The van der Waals surface area contributed by atoms with E-state index >= 15 is 0 Å². The van der Waals surface area contributed by atoms with E-state index in [0.29, 0.717) is 32.2 Å².